The Hall–Kier alpha value is -0.610. The maximum Gasteiger partial charge on any atom is 0.214 e. The Morgan fingerprint density at radius 2 is 2.38 bits per heavy atom. The topological polar surface area (TPSA) is 0 Å². The van der Waals surface area contributed by atoms with Crippen LogP contribution in [0.5, 0.6) is 0 Å². The van der Waals surface area contributed by atoms with Crippen LogP contribution in [0.15, 0.2) is 19.2 Å². The van der Waals surface area contributed by atoms with Crippen molar-refractivity contribution in [2.24, 2.45) is 5.92 Å². The summed E-state index contributed by atoms with van der Waals surface area (Å²) in [4.78, 5) is 0. The third-order valence-electron chi connectivity index (χ3n) is 1.06. The molecule has 0 nitrogen and oxygen atoms in total. The quantitative estimate of drug-likeness (QED) is 0.384. The molecule has 0 aromatic rings. The first-order valence-electron chi connectivity index (χ1n) is 2.92. The third kappa shape index (κ3) is 3.58. The second kappa shape index (κ2) is 4.55. The summed E-state index contributed by atoms with van der Waals surface area (Å²) in [5, 5.41) is 0. The maximum absolute atomic E-state index is 3.63. The van der Waals surface area contributed by atoms with Gasteiger partial charge in [0, 0.05) is 5.92 Å². The van der Waals surface area contributed by atoms with E-state index in [1.54, 1.807) is 0 Å². The van der Waals surface area contributed by atoms with Crippen molar-refractivity contribution in [3.63, 3.8) is 0 Å². The van der Waals surface area contributed by atoms with E-state index >= 15 is 0 Å². The molecule has 0 fully saturated rings. The summed E-state index contributed by atoms with van der Waals surface area (Å²) in [5.74, 6) is 0.671. The fourth-order valence-electron chi connectivity index (χ4n) is 0.614. The second-order valence-electron chi connectivity index (χ2n) is 2.08. The van der Waals surface area contributed by atoms with Crippen LogP contribution >= 0.6 is 0 Å². The van der Waals surface area contributed by atoms with Crippen molar-refractivity contribution in [2.75, 3.05) is 0 Å². The van der Waals surface area contributed by atoms with Gasteiger partial charge in [-0.15, -0.1) is 6.58 Å². The zero-order valence-electron chi connectivity index (χ0n) is 5.48. The molecule has 0 bridgehead atoms. The monoisotopic (exact) mass is 109 g/mol. The van der Waals surface area contributed by atoms with Crippen LogP contribution in [0, 0.1) is 12.0 Å². The van der Waals surface area contributed by atoms with Crippen molar-refractivity contribution in [1.29, 1.82) is 0 Å². The Morgan fingerprint density at radius 3 is 2.75 bits per heavy atom. The molecule has 0 saturated heterocycles. The first kappa shape index (κ1) is 7.39. The van der Waals surface area contributed by atoms with Crippen molar-refractivity contribution in [3.8, 4) is 0 Å². The largest absolute Gasteiger partial charge is 0.214 e. The Bertz CT molecular complexity index is 62.1. The highest BCUT2D eigenvalue weighted by Crippen LogP contribution is 2.06. The lowest BCUT2D eigenvalue weighted by Crippen LogP contribution is -1.88. The molecule has 0 amide bonds. The minimum atomic E-state index is 0.671. The van der Waals surface area contributed by atoms with Gasteiger partial charge < -0.3 is 0 Å². The summed E-state index contributed by atoms with van der Waals surface area (Å²) in [6.45, 7) is 9.32. The first-order chi connectivity index (χ1) is 3.81. The molecule has 1 unspecified atom stereocenters. The molecule has 0 aliphatic carbocycles. The molecule has 0 N–H and O–H groups in total. The molecular weight excluding hydrogens is 96.1 g/mol. The average Bonchev–Trinajstić information content (AvgIpc) is 1.68. The van der Waals surface area contributed by atoms with Crippen LogP contribution in [-0.2, 0) is 0 Å². The summed E-state index contributed by atoms with van der Waals surface area (Å²) in [6.07, 6.45) is 6.84. The normalized spacial score (nSPS) is 12.1. The lowest BCUT2D eigenvalue weighted by molar-refractivity contribution is 0.597. The van der Waals surface area contributed by atoms with E-state index in [1.165, 1.54) is 0 Å². The van der Waals surface area contributed by atoms with Gasteiger partial charge in [0.2, 0.25) is 6.08 Å². The summed E-state index contributed by atoms with van der Waals surface area (Å²) in [6, 6.07) is 0. The number of rotatable bonds is 4. The van der Waals surface area contributed by atoms with E-state index in [9.17, 15) is 0 Å². The molecular formula is C8H13+. The van der Waals surface area contributed by atoms with Crippen molar-refractivity contribution in [3.05, 3.63) is 25.3 Å². The molecule has 0 rings (SSSR count). The smallest absolute Gasteiger partial charge is 0.103 e. The highest BCUT2D eigenvalue weighted by molar-refractivity contribution is 4.72. The molecule has 0 aromatic heterocycles. The zero-order valence-corrected chi connectivity index (χ0v) is 5.48. The summed E-state index contributed by atoms with van der Waals surface area (Å²) in [5.41, 5.74) is 0. The van der Waals surface area contributed by atoms with Gasteiger partial charge in [-0.1, -0.05) is 13.0 Å². The highest BCUT2D eigenvalue weighted by Gasteiger charge is 2.01. The van der Waals surface area contributed by atoms with Crippen molar-refractivity contribution < 1.29 is 0 Å². The molecule has 1 atom stereocenters. The number of hydrogen-bond donors (Lipinski definition) is 0. The van der Waals surface area contributed by atoms with Crippen LogP contribution in [0.2, 0.25) is 0 Å². The van der Waals surface area contributed by atoms with Crippen LogP contribution in [0.4, 0.5) is 0 Å². The molecule has 0 radical (unpaired) electrons. The predicted octanol–water partition coefficient (Wildman–Crippen LogP) is 2.58. The second-order valence-corrected chi connectivity index (χ2v) is 2.08. The van der Waals surface area contributed by atoms with Crippen molar-refractivity contribution in [2.45, 2.75) is 19.8 Å². The molecule has 44 valence electrons. The molecule has 0 aromatic carbocycles. The SMILES string of the molecule is C=[C+]CC(C)CC=C. The molecule has 0 aliphatic rings. The number of allylic oxidation sites excluding steroid dienone is 2. The summed E-state index contributed by atoms with van der Waals surface area (Å²) >= 11 is 0. The summed E-state index contributed by atoms with van der Waals surface area (Å²) < 4.78 is 0. The van der Waals surface area contributed by atoms with Crippen molar-refractivity contribution in [1.82, 2.24) is 0 Å². The minimum Gasteiger partial charge on any atom is -0.103 e. The average molecular weight is 109 g/mol. The van der Waals surface area contributed by atoms with Gasteiger partial charge in [-0.3, -0.25) is 0 Å². The van der Waals surface area contributed by atoms with Gasteiger partial charge >= 0.3 is 0 Å². The van der Waals surface area contributed by atoms with Gasteiger partial charge in [0.1, 0.15) is 6.58 Å². The van der Waals surface area contributed by atoms with E-state index in [0.29, 0.717) is 5.92 Å². The minimum absolute atomic E-state index is 0.671. The Morgan fingerprint density at radius 1 is 1.75 bits per heavy atom. The molecule has 0 aliphatic heterocycles. The van der Waals surface area contributed by atoms with Crippen LogP contribution in [0.25, 0.3) is 0 Å². The van der Waals surface area contributed by atoms with E-state index < -0.39 is 0 Å². The Labute approximate surface area is 51.9 Å². The van der Waals surface area contributed by atoms with E-state index in [0.717, 1.165) is 12.8 Å². The first-order valence-corrected chi connectivity index (χ1v) is 2.92. The van der Waals surface area contributed by atoms with Gasteiger partial charge in [0.25, 0.3) is 0 Å². The van der Waals surface area contributed by atoms with E-state index in [-0.39, 0.29) is 0 Å². The molecule has 0 heterocycles. The third-order valence-corrected chi connectivity index (χ3v) is 1.06. The maximum atomic E-state index is 3.63. The van der Waals surface area contributed by atoms with Gasteiger partial charge in [0.05, 0.1) is 0 Å². The molecule has 8 heavy (non-hydrogen) atoms. The van der Waals surface area contributed by atoms with Crippen molar-refractivity contribution >= 4 is 0 Å². The predicted molar refractivity (Wildman–Crippen MR) is 37.5 cm³/mol. The zero-order chi connectivity index (χ0) is 6.41. The number of hydrogen-bond acceptors (Lipinski definition) is 0. The van der Waals surface area contributed by atoms with E-state index in [2.05, 4.69) is 26.2 Å². The highest BCUT2D eigenvalue weighted by atomic mass is 14.0. The summed E-state index contributed by atoms with van der Waals surface area (Å²) in [7, 11) is 0. The molecule has 0 heteroatoms. The van der Waals surface area contributed by atoms with E-state index in [1.807, 2.05) is 6.08 Å². The van der Waals surface area contributed by atoms with Crippen LogP contribution in [0.1, 0.15) is 19.8 Å². The van der Waals surface area contributed by atoms with Crippen LogP contribution < -0.4 is 0 Å². The standard InChI is InChI=1S/C8H13/c1-4-6-8(3)7-5-2/h4,8H,1-2,6-7H2,3H3/q+1. The fraction of sp³-hybridized carbons (Fsp3) is 0.500. The lowest BCUT2D eigenvalue weighted by atomic mass is 10.0. The Kier molecular flexibility index (Phi) is 4.20. The van der Waals surface area contributed by atoms with Gasteiger partial charge in [0.15, 0.2) is 6.42 Å². The molecule has 0 saturated carbocycles. The fourth-order valence-corrected chi connectivity index (χ4v) is 0.614. The van der Waals surface area contributed by atoms with Crippen LogP contribution in [0.3, 0.4) is 0 Å². The van der Waals surface area contributed by atoms with E-state index in [4.69, 9.17) is 0 Å². The lowest BCUT2D eigenvalue weighted by Gasteiger charge is -1.94. The molecule has 0 spiro atoms. The van der Waals surface area contributed by atoms with Gasteiger partial charge in [-0.05, 0) is 6.42 Å². The van der Waals surface area contributed by atoms with Gasteiger partial charge in [-0.25, -0.2) is 0 Å². The Balaban J connectivity index is 3.16. The van der Waals surface area contributed by atoms with Crippen LogP contribution in [-0.4, -0.2) is 0 Å². The van der Waals surface area contributed by atoms with Gasteiger partial charge in [-0.2, -0.15) is 0 Å².